The van der Waals surface area contributed by atoms with Crippen LogP contribution in [0.4, 0.5) is 0 Å². The maximum atomic E-state index is 12.1. The van der Waals surface area contributed by atoms with Crippen LogP contribution in [0.1, 0.15) is 50.9 Å². The fraction of sp³-hybridized carbons (Fsp3) is 0.600. The van der Waals surface area contributed by atoms with Crippen molar-refractivity contribution in [3.05, 3.63) is 30.1 Å². The van der Waals surface area contributed by atoms with Crippen LogP contribution < -0.4 is 0 Å². The number of carbonyl (C=O) groups is 1. The number of esters is 1. The van der Waals surface area contributed by atoms with Crippen molar-refractivity contribution in [2.45, 2.75) is 57.7 Å². The van der Waals surface area contributed by atoms with Gasteiger partial charge in [0.2, 0.25) is 0 Å². The van der Waals surface area contributed by atoms with Gasteiger partial charge in [-0.05, 0) is 39.8 Å². The fourth-order valence-corrected chi connectivity index (χ4v) is 2.97. The molecule has 1 aromatic heterocycles. The van der Waals surface area contributed by atoms with Crippen LogP contribution in [0.3, 0.4) is 0 Å². The Bertz CT molecular complexity index is 467. The van der Waals surface area contributed by atoms with Gasteiger partial charge >= 0.3 is 5.97 Å². The van der Waals surface area contributed by atoms with Gasteiger partial charge in [0, 0.05) is 36.3 Å². The fourth-order valence-electron chi connectivity index (χ4n) is 2.97. The van der Waals surface area contributed by atoms with Gasteiger partial charge in [0.15, 0.2) is 0 Å². The van der Waals surface area contributed by atoms with Crippen LogP contribution in [0.15, 0.2) is 24.5 Å². The highest BCUT2D eigenvalue weighted by Crippen LogP contribution is 2.38. The van der Waals surface area contributed by atoms with Crippen molar-refractivity contribution in [1.29, 1.82) is 0 Å². The average molecular weight is 278 g/mol. The summed E-state index contributed by atoms with van der Waals surface area (Å²) >= 11 is 0. The standard InChI is InChI=1S/C15H22N2O3/c1-14(2)9-12(10-15(3,4)17(14)19)20-13(18)11-5-7-16-8-6-11/h5-8,12,19H,9-10H2,1-4H3. The minimum Gasteiger partial charge on any atom is -0.459 e. The minimum atomic E-state index is -0.426. The Labute approximate surface area is 119 Å². The van der Waals surface area contributed by atoms with E-state index in [1.807, 2.05) is 27.7 Å². The normalized spacial score (nSPS) is 22.4. The summed E-state index contributed by atoms with van der Waals surface area (Å²) in [5.74, 6) is -0.338. The molecule has 1 fully saturated rings. The number of ether oxygens (including phenoxy) is 1. The van der Waals surface area contributed by atoms with Gasteiger partial charge in [0.25, 0.3) is 0 Å². The third kappa shape index (κ3) is 2.99. The van der Waals surface area contributed by atoms with Gasteiger partial charge in [-0.3, -0.25) is 4.98 Å². The molecule has 5 nitrogen and oxygen atoms in total. The van der Waals surface area contributed by atoms with Crippen molar-refractivity contribution in [2.75, 3.05) is 0 Å². The molecule has 0 aromatic carbocycles. The maximum absolute atomic E-state index is 12.1. The zero-order chi connectivity index (χ0) is 15.0. The van der Waals surface area contributed by atoms with Gasteiger partial charge in [-0.1, -0.05) is 0 Å². The first-order valence-corrected chi connectivity index (χ1v) is 6.83. The van der Waals surface area contributed by atoms with Crippen LogP contribution in [-0.2, 0) is 4.74 Å². The van der Waals surface area contributed by atoms with Crippen molar-refractivity contribution in [3.63, 3.8) is 0 Å². The van der Waals surface area contributed by atoms with Crippen molar-refractivity contribution in [1.82, 2.24) is 10.0 Å². The minimum absolute atomic E-state index is 0.205. The van der Waals surface area contributed by atoms with Crippen LogP contribution in [0, 0.1) is 0 Å². The molecule has 1 aliphatic rings. The molecule has 2 rings (SSSR count). The van der Waals surface area contributed by atoms with Crippen molar-refractivity contribution in [3.8, 4) is 0 Å². The first kappa shape index (κ1) is 14.9. The van der Waals surface area contributed by atoms with Gasteiger partial charge in [-0.2, -0.15) is 5.06 Å². The molecule has 1 aliphatic heterocycles. The summed E-state index contributed by atoms with van der Waals surface area (Å²) in [6, 6.07) is 3.28. The van der Waals surface area contributed by atoms with Crippen LogP contribution in [0.2, 0.25) is 0 Å². The van der Waals surface area contributed by atoms with E-state index in [9.17, 15) is 10.0 Å². The quantitative estimate of drug-likeness (QED) is 0.843. The molecule has 0 atom stereocenters. The zero-order valence-corrected chi connectivity index (χ0v) is 12.5. The molecule has 0 bridgehead atoms. The molecular weight excluding hydrogens is 256 g/mol. The number of rotatable bonds is 2. The topological polar surface area (TPSA) is 62.7 Å². The van der Waals surface area contributed by atoms with E-state index >= 15 is 0 Å². The highest BCUT2D eigenvalue weighted by Gasteiger charge is 2.46. The lowest BCUT2D eigenvalue weighted by Crippen LogP contribution is -2.60. The number of hydroxylamine groups is 2. The van der Waals surface area contributed by atoms with E-state index in [2.05, 4.69) is 4.98 Å². The Hall–Kier alpha value is -1.46. The molecule has 20 heavy (non-hydrogen) atoms. The number of aromatic nitrogens is 1. The molecule has 1 saturated heterocycles. The van der Waals surface area contributed by atoms with Crippen LogP contribution in [0.5, 0.6) is 0 Å². The number of pyridine rings is 1. The Morgan fingerprint density at radius 1 is 1.25 bits per heavy atom. The van der Waals surface area contributed by atoms with Crippen LogP contribution in [0.25, 0.3) is 0 Å². The van der Waals surface area contributed by atoms with Crippen molar-refractivity contribution < 1.29 is 14.7 Å². The van der Waals surface area contributed by atoms with Crippen molar-refractivity contribution in [2.24, 2.45) is 0 Å². The maximum Gasteiger partial charge on any atom is 0.338 e. The Kier molecular flexibility index (Phi) is 3.84. The number of piperidine rings is 1. The second-order valence-electron chi connectivity index (χ2n) is 6.61. The first-order chi connectivity index (χ1) is 9.22. The van der Waals surface area contributed by atoms with E-state index in [0.29, 0.717) is 18.4 Å². The lowest BCUT2D eigenvalue weighted by molar-refractivity contribution is -0.256. The second-order valence-corrected chi connectivity index (χ2v) is 6.61. The molecule has 1 N–H and O–H groups in total. The average Bonchev–Trinajstić information content (AvgIpc) is 2.36. The predicted octanol–water partition coefficient (Wildman–Crippen LogP) is 2.65. The van der Waals surface area contributed by atoms with Gasteiger partial charge in [0.05, 0.1) is 5.56 Å². The first-order valence-electron chi connectivity index (χ1n) is 6.83. The smallest absolute Gasteiger partial charge is 0.338 e. The molecule has 0 spiro atoms. The number of carbonyl (C=O) groups excluding carboxylic acids is 1. The lowest BCUT2D eigenvalue weighted by atomic mass is 9.80. The molecule has 0 aliphatic carbocycles. The molecule has 1 aromatic rings. The highest BCUT2D eigenvalue weighted by atomic mass is 16.5. The summed E-state index contributed by atoms with van der Waals surface area (Å²) in [4.78, 5) is 16.0. The molecular formula is C15H22N2O3. The molecule has 0 unspecified atom stereocenters. The van der Waals surface area contributed by atoms with Gasteiger partial charge < -0.3 is 9.94 Å². The third-order valence-corrected chi connectivity index (χ3v) is 3.79. The summed E-state index contributed by atoms with van der Waals surface area (Å²) in [6.45, 7) is 7.78. The van der Waals surface area contributed by atoms with Gasteiger partial charge in [-0.15, -0.1) is 0 Å². The number of hydrogen-bond acceptors (Lipinski definition) is 5. The lowest BCUT2D eigenvalue weighted by Gasteiger charge is -2.50. The molecule has 2 heterocycles. The van der Waals surface area contributed by atoms with E-state index in [1.54, 1.807) is 24.5 Å². The Balaban J connectivity index is 2.09. The number of nitrogens with zero attached hydrogens (tertiary/aromatic N) is 2. The van der Waals surface area contributed by atoms with Crippen LogP contribution >= 0.6 is 0 Å². The van der Waals surface area contributed by atoms with Crippen molar-refractivity contribution >= 4 is 5.97 Å². The summed E-state index contributed by atoms with van der Waals surface area (Å²) in [5.41, 5.74) is -0.349. The summed E-state index contributed by atoms with van der Waals surface area (Å²) in [5, 5.41) is 11.6. The molecule has 5 heteroatoms. The predicted molar refractivity (Wildman–Crippen MR) is 74.5 cm³/mol. The van der Waals surface area contributed by atoms with E-state index in [-0.39, 0.29) is 12.1 Å². The SMILES string of the molecule is CC1(C)CC(OC(=O)c2ccncc2)CC(C)(C)N1O. The monoisotopic (exact) mass is 278 g/mol. The van der Waals surface area contributed by atoms with Gasteiger partial charge in [0.1, 0.15) is 6.10 Å². The third-order valence-electron chi connectivity index (χ3n) is 3.79. The summed E-state index contributed by atoms with van der Waals surface area (Å²) in [7, 11) is 0. The van der Waals surface area contributed by atoms with E-state index < -0.39 is 11.1 Å². The Morgan fingerprint density at radius 2 is 1.75 bits per heavy atom. The Morgan fingerprint density at radius 3 is 2.25 bits per heavy atom. The number of hydrogen-bond donors (Lipinski definition) is 1. The van der Waals surface area contributed by atoms with Crippen LogP contribution in [-0.4, -0.2) is 38.4 Å². The summed E-state index contributed by atoms with van der Waals surface area (Å²) in [6.07, 6.45) is 4.14. The molecule has 0 saturated carbocycles. The van der Waals surface area contributed by atoms with E-state index in [4.69, 9.17) is 4.74 Å². The van der Waals surface area contributed by atoms with E-state index in [1.165, 1.54) is 5.06 Å². The summed E-state index contributed by atoms with van der Waals surface area (Å²) < 4.78 is 5.59. The largest absolute Gasteiger partial charge is 0.459 e. The zero-order valence-electron chi connectivity index (χ0n) is 12.5. The molecule has 0 radical (unpaired) electrons. The van der Waals surface area contributed by atoms with E-state index in [0.717, 1.165) is 0 Å². The van der Waals surface area contributed by atoms with Gasteiger partial charge in [-0.25, -0.2) is 4.79 Å². The molecule has 110 valence electrons. The second kappa shape index (κ2) is 5.14. The highest BCUT2D eigenvalue weighted by molar-refractivity contribution is 5.89. The molecule has 0 amide bonds.